The number of nitrogens with one attached hydrogen (secondary N) is 1. The van der Waals surface area contributed by atoms with Gasteiger partial charge in [-0.05, 0) is 63.8 Å². The van der Waals surface area contributed by atoms with Gasteiger partial charge >= 0.3 is 0 Å². The van der Waals surface area contributed by atoms with Gasteiger partial charge in [0.2, 0.25) is 5.91 Å². The number of carbonyl (C=O) groups is 1. The first-order chi connectivity index (χ1) is 15.6. The van der Waals surface area contributed by atoms with Gasteiger partial charge in [0.25, 0.3) is 0 Å². The summed E-state index contributed by atoms with van der Waals surface area (Å²) in [5, 5.41) is 16.5. The summed E-state index contributed by atoms with van der Waals surface area (Å²) in [5.41, 5.74) is 3.07. The van der Waals surface area contributed by atoms with E-state index in [2.05, 4.69) is 30.4 Å². The summed E-state index contributed by atoms with van der Waals surface area (Å²) < 4.78 is 7.21. The van der Waals surface area contributed by atoms with Crippen molar-refractivity contribution in [3.05, 3.63) is 29.1 Å². The minimum atomic E-state index is 0.0910. The minimum Gasteiger partial charge on any atom is -0.379 e. The Morgan fingerprint density at radius 3 is 2.50 bits per heavy atom. The quantitative estimate of drug-likeness (QED) is 0.592. The summed E-state index contributed by atoms with van der Waals surface area (Å²) in [6.45, 7) is 11.4. The molecule has 2 aliphatic rings. The van der Waals surface area contributed by atoms with Crippen molar-refractivity contribution >= 4 is 11.7 Å². The van der Waals surface area contributed by atoms with Gasteiger partial charge in [0.1, 0.15) is 0 Å². The van der Waals surface area contributed by atoms with Gasteiger partial charge in [0.15, 0.2) is 11.6 Å². The zero-order valence-electron chi connectivity index (χ0n) is 19.3. The first-order valence-corrected chi connectivity index (χ1v) is 11.8. The van der Waals surface area contributed by atoms with Crippen LogP contribution in [0.1, 0.15) is 42.6 Å². The normalized spacial score (nSPS) is 17.1. The molecule has 2 saturated heterocycles. The maximum atomic E-state index is 12.3. The van der Waals surface area contributed by atoms with Gasteiger partial charge in [-0.2, -0.15) is 5.10 Å². The lowest BCUT2D eigenvalue weighted by molar-refractivity contribution is -0.121. The molecule has 2 aromatic heterocycles. The zero-order chi connectivity index (χ0) is 22.3. The van der Waals surface area contributed by atoms with Gasteiger partial charge in [-0.15, -0.1) is 10.2 Å². The number of carbonyl (C=O) groups excluding carboxylic acids is 1. The van der Waals surface area contributed by atoms with Crippen LogP contribution in [0.25, 0.3) is 5.82 Å². The molecule has 0 aromatic carbocycles. The highest BCUT2D eigenvalue weighted by Gasteiger charge is 2.17. The van der Waals surface area contributed by atoms with E-state index in [0.29, 0.717) is 25.2 Å². The van der Waals surface area contributed by atoms with E-state index in [9.17, 15) is 4.79 Å². The molecule has 9 heteroatoms. The lowest BCUT2D eigenvalue weighted by Gasteiger charge is -2.26. The van der Waals surface area contributed by atoms with Gasteiger partial charge in [-0.1, -0.05) is 0 Å². The fraction of sp³-hybridized carbons (Fsp3) is 0.652. The van der Waals surface area contributed by atoms with Crippen molar-refractivity contribution in [3.63, 3.8) is 0 Å². The Kier molecular flexibility index (Phi) is 7.70. The van der Waals surface area contributed by atoms with E-state index in [0.717, 1.165) is 75.1 Å². The van der Waals surface area contributed by atoms with Gasteiger partial charge in [0, 0.05) is 44.8 Å². The number of hydrogen-bond donors (Lipinski definition) is 1. The number of aryl methyl sites for hydroxylation is 1. The van der Waals surface area contributed by atoms with E-state index >= 15 is 0 Å². The van der Waals surface area contributed by atoms with Crippen LogP contribution in [0.15, 0.2) is 12.1 Å². The van der Waals surface area contributed by atoms with E-state index in [-0.39, 0.29) is 5.91 Å². The second-order valence-electron chi connectivity index (χ2n) is 8.66. The smallest absolute Gasteiger partial charge is 0.220 e. The van der Waals surface area contributed by atoms with E-state index in [1.54, 1.807) is 0 Å². The molecule has 174 valence electrons. The standard InChI is InChI=1S/C23H35N7O2/c1-18-20(6-9-23(31)24-10-5-11-28-14-16-32-17-15-28)19(2)30(27-18)22-8-7-21(25-26-22)29-12-3-4-13-29/h7-8H,3-6,9-17H2,1-2H3,(H,24,31). The van der Waals surface area contributed by atoms with Crippen molar-refractivity contribution in [2.45, 2.75) is 46.0 Å². The van der Waals surface area contributed by atoms with Crippen LogP contribution in [0.4, 0.5) is 5.82 Å². The molecule has 2 aromatic rings. The van der Waals surface area contributed by atoms with Gasteiger partial charge in [-0.25, -0.2) is 4.68 Å². The third-order valence-electron chi connectivity index (χ3n) is 6.40. The van der Waals surface area contributed by atoms with Crippen LogP contribution in [0, 0.1) is 13.8 Å². The molecule has 2 fully saturated rings. The Hall–Kier alpha value is -2.52. The van der Waals surface area contributed by atoms with Crippen molar-refractivity contribution < 1.29 is 9.53 Å². The van der Waals surface area contributed by atoms with E-state index in [1.165, 1.54) is 12.8 Å². The van der Waals surface area contributed by atoms with Crippen molar-refractivity contribution in [2.24, 2.45) is 0 Å². The highest BCUT2D eigenvalue weighted by atomic mass is 16.5. The maximum Gasteiger partial charge on any atom is 0.220 e. The maximum absolute atomic E-state index is 12.3. The molecule has 0 aliphatic carbocycles. The molecule has 1 N–H and O–H groups in total. The van der Waals surface area contributed by atoms with Crippen LogP contribution in [-0.4, -0.2) is 83.3 Å². The van der Waals surface area contributed by atoms with Crippen LogP contribution in [0.5, 0.6) is 0 Å². The third-order valence-corrected chi connectivity index (χ3v) is 6.40. The predicted octanol–water partition coefficient (Wildman–Crippen LogP) is 1.65. The molecular weight excluding hydrogens is 406 g/mol. The molecule has 0 bridgehead atoms. The molecular formula is C23H35N7O2. The van der Waals surface area contributed by atoms with Gasteiger partial charge in [-0.3, -0.25) is 9.69 Å². The zero-order valence-corrected chi connectivity index (χ0v) is 19.3. The number of rotatable bonds is 9. The average Bonchev–Trinajstić information content (AvgIpc) is 3.45. The van der Waals surface area contributed by atoms with Crippen LogP contribution >= 0.6 is 0 Å². The van der Waals surface area contributed by atoms with Crippen molar-refractivity contribution in [2.75, 3.05) is 57.4 Å². The fourth-order valence-electron chi connectivity index (χ4n) is 4.49. The van der Waals surface area contributed by atoms with Gasteiger partial charge in [0.05, 0.1) is 18.9 Å². The summed E-state index contributed by atoms with van der Waals surface area (Å²) in [6.07, 6.45) is 4.53. The largest absolute Gasteiger partial charge is 0.379 e. The minimum absolute atomic E-state index is 0.0910. The van der Waals surface area contributed by atoms with Crippen molar-refractivity contribution in [1.29, 1.82) is 0 Å². The summed E-state index contributed by atoms with van der Waals surface area (Å²) in [5.74, 6) is 1.74. The Morgan fingerprint density at radius 2 is 1.78 bits per heavy atom. The molecule has 2 aliphatic heterocycles. The van der Waals surface area contributed by atoms with Crippen LogP contribution in [-0.2, 0) is 16.0 Å². The number of morpholine rings is 1. The average molecular weight is 442 g/mol. The van der Waals surface area contributed by atoms with Crippen LogP contribution in [0.2, 0.25) is 0 Å². The topological polar surface area (TPSA) is 88.4 Å². The second kappa shape index (κ2) is 10.9. The predicted molar refractivity (Wildman–Crippen MR) is 123 cm³/mol. The Morgan fingerprint density at radius 1 is 1.06 bits per heavy atom. The first kappa shape index (κ1) is 22.7. The lowest BCUT2D eigenvalue weighted by Crippen LogP contribution is -2.38. The summed E-state index contributed by atoms with van der Waals surface area (Å²) >= 11 is 0. The summed E-state index contributed by atoms with van der Waals surface area (Å²) in [4.78, 5) is 17.0. The summed E-state index contributed by atoms with van der Waals surface area (Å²) in [7, 11) is 0. The Labute approximate surface area is 190 Å². The molecule has 0 unspecified atom stereocenters. The molecule has 0 saturated carbocycles. The Balaban J connectivity index is 1.26. The number of ether oxygens (including phenoxy) is 1. The molecule has 0 spiro atoms. The number of anilines is 1. The fourth-order valence-corrected chi connectivity index (χ4v) is 4.49. The number of amides is 1. The molecule has 0 atom stereocenters. The number of nitrogens with zero attached hydrogens (tertiary/aromatic N) is 6. The molecule has 4 heterocycles. The number of aromatic nitrogens is 4. The molecule has 4 rings (SSSR count). The van der Waals surface area contributed by atoms with Crippen LogP contribution < -0.4 is 10.2 Å². The van der Waals surface area contributed by atoms with Gasteiger partial charge < -0.3 is 15.0 Å². The second-order valence-corrected chi connectivity index (χ2v) is 8.66. The molecule has 1 amide bonds. The number of hydrogen-bond acceptors (Lipinski definition) is 7. The van der Waals surface area contributed by atoms with Crippen molar-refractivity contribution in [3.8, 4) is 5.82 Å². The highest BCUT2D eigenvalue weighted by Crippen LogP contribution is 2.21. The highest BCUT2D eigenvalue weighted by molar-refractivity contribution is 5.76. The summed E-state index contributed by atoms with van der Waals surface area (Å²) in [6, 6.07) is 4.00. The van der Waals surface area contributed by atoms with E-state index in [1.807, 2.05) is 30.7 Å². The SMILES string of the molecule is Cc1nn(-c2ccc(N3CCCC3)nn2)c(C)c1CCC(=O)NCCCN1CCOCC1. The van der Waals surface area contributed by atoms with E-state index in [4.69, 9.17) is 4.74 Å². The molecule has 9 nitrogen and oxygen atoms in total. The van der Waals surface area contributed by atoms with E-state index < -0.39 is 0 Å². The van der Waals surface area contributed by atoms with Crippen LogP contribution in [0.3, 0.4) is 0 Å². The Bertz CT molecular complexity index is 884. The first-order valence-electron chi connectivity index (χ1n) is 11.8. The van der Waals surface area contributed by atoms with Crippen molar-refractivity contribution in [1.82, 2.24) is 30.2 Å². The third kappa shape index (κ3) is 5.63. The molecule has 32 heavy (non-hydrogen) atoms. The monoisotopic (exact) mass is 441 g/mol. The molecule has 0 radical (unpaired) electrons. The lowest BCUT2D eigenvalue weighted by atomic mass is 10.1.